The molecule has 0 heterocycles. The average molecular weight is 241 g/mol. The van der Waals surface area contributed by atoms with Crippen molar-refractivity contribution in [1.29, 1.82) is 0 Å². The zero-order valence-electron chi connectivity index (χ0n) is 9.67. The highest BCUT2D eigenvalue weighted by Gasteiger charge is 2.32. The standard InChI is InChI=1S/C10H12N2O5/c1-10(2,3)6-4-7(11(14)15)9(13)8(5-6)12(16)17/h4-5H,1-3H3,(H-,13,14,15)/p+1. The number of phenols is 1. The number of nitro groups is 1. The summed E-state index contributed by atoms with van der Waals surface area (Å²) in [5, 5.41) is 29.0. The van der Waals surface area contributed by atoms with E-state index in [0.29, 0.717) is 5.56 Å². The first-order chi connectivity index (χ1) is 7.64. The van der Waals surface area contributed by atoms with Crippen LogP contribution in [0, 0.1) is 15.0 Å². The van der Waals surface area contributed by atoms with Gasteiger partial charge in [0.1, 0.15) is 0 Å². The van der Waals surface area contributed by atoms with Crippen LogP contribution in [0.15, 0.2) is 12.1 Å². The van der Waals surface area contributed by atoms with Gasteiger partial charge in [-0.2, -0.15) is 0 Å². The van der Waals surface area contributed by atoms with Crippen molar-refractivity contribution in [2.24, 2.45) is 0 Å². The predicted octanol–water partition coefficient (Wildman–Crippen LogP) is 2.40. The Labute approximate surface area is 97.0 Å². The third kappa shape index (κ3) is 2.49. The van der Waals surface area contributed by atoms with Gasteiger partial charge in [0.2, 0.25) is 0 Å². The Morgan fingerprint density at radius 1 is 1.18 bits per heavy atom. The van der Waals surface area contributed by atoms with E-state index in [2.05, 4.69) is 0 Å². The van der Waals surface area contributed by atoms with Crippen molar-refractivity contribution in [2.75, 3.05) is 0 Å². The van der Waals surface area contributed by atoms with Crippen molar-refractivity contribution < 1.29 is 20.2 Å². The quantitative estimate of drug-likeness (QED) is 0.611. The summed E-state index contributed by atoms with van der Waals surface area (Å²) in [5.74, 6) is -0.847. The van der Waals surface area contributed by atoms with Gasteiger partial charge in [0, 0.05) is 12.1 Å². The zero-order chi connectivity index (χ0) is 13.4. The highest BCUT2D eigenvalue weighted by atomic mass is 16.6. The van der Waals surface area contributed by atoms with Crippen LogP contribution in [0.5, 0.6) is 5.75 Å². The van der Waals surface area contributed by atoms with E-state index >= 15 is 0 Å². The van der Waals surface area contributed by atoms with E-state index in [-0.39, 0.29) is 0 Å². The van der Waals surface area contributed by atoms with Crippen LogP contribution in [0.3, 0.4) is 0 Å². The summed E-state index contributed by atoms with van der Waals surface area (Å²) in [6.45, 7) is 5.37. The van der Waals surface area contributed by atoms with Crippen LogP contribution in [-0.4, -0.2) is 20.2 Å². The van der Waals surface area contributed by atoms with Crippen LogP contribution >= 0.6 is 0 Å². The first kappa shape index (κ1) is 12.9. The molecule has 0 atom stereocenters. The van der Waals surface area contributed by atoms with Crippen LogP contribution in [0.1, 0.15) is 26.3 Å². The van der Waals surface area contributed by atoms with Crippen LogP contribution in [-0.2, 0) is 5.41 Å². The van der Waals surface area contributed by atoms with E-state index in [1.165, 1.54) is 12.1 Å². The lowest BCUT2D eigenvalue weighted by atomic mass is 9.86. The molecule has 0 saturated carbocycles. The normalized spacial score (nSPS) is 11.2. The van der Waals surface area contributed by atoms with Crippen LogP contribution in [0.2, 0.25) is 0 Å². The second-order valence-electron chi connectivity index (χ2n) is 4.64. The third-order valence-electron chi connectivity index (χ3n) is 2.34. The maximum absolute atomic E-state index is 10.8. The average Bonchev–Trinajstić information content (AvgIpc) is 2.14. The van der Waals surface area contributed by atoms with Crippen molar-refractivity contribution >= 4 is 11.4 Å². The van der Waals surface area contributed by atoms with Gasteiger partial charge in [-0.05, 0) is 11.0 Å². The fraction of sp³-hybridized carbons (Fsp3) is 0.400. The zero-order valence-corrected chi connectivity index (χ0v) is 9.67. The number of nitrogens with zero attached hydrogens (tertiary/aromatic N) is 2. The van der Waals surface area contributed by atoms with Gasteiger partial charge >= 0.3 is 11.4 Å². The van der Waals surface area contributed by atoms with E-state index in [1.54, 1.807) is 20.8 Å². The molecule has 0 spiro atoms. The second-order valence-corrected chi connectivity index (χ2v) is 4.64. The van der Waals surface area contributed by atoms with Gasteiger partial charge in [-0.25, -0.2) is 5.21 Å². The molecule has 17 heavy (non-hydrogen) atoms. The van der Waals surface area contributed by atoms with Gasteiger partial charge in [-0.15, -0.1) is 0 Å². The molecule has 0 unspecified atom stereocenters. The van der Waals surface area contributed by atoms with Crippen molar-refractivity contribution in [3.8, 4) is 5.75 Å². The van der Waals surface area contributed by atoms with Crippen molar-refractivity contribution in [3.63, 3.8) is 0 Å². The highest BCUT2D eigenvalue weighted by molar-refractivity contribution is 5.61. The summed E-state index contributed by atoms with van der Waals surface area (Å²) in [5.41, 5.74) is -1.14. The molecule has 0 fully saturated rings. The van der Waals surface area contributed by atoms with E-state index < -0.39 is 32.4 Å². The molecular weight excluding hydrogens is 228 g/mol. The smallest absolute Gasteiger partial charge is 0.365 e. The summed E-state index contributed by atoms with van der Waals surface area (Å²) in [4.78, 5) is 20.1. The largest absolute Gasteiger partial charge is 0.497 e. The summed E-state index contributed by atoms with van der Waals surface area (Å²) < 4.78 is 0. The lowest BCUT2D eigenvalue weighted by Crippen LogP contribution is -2.12. The maximum atomic E-state index is 10.8. The van der Waals surface area contributed by atoms with Crippen LogP contribution < -0.4 is 0 Å². The number of rotatable bonds is 2. The Bertz CT molecular complexity index is 455. The Morgan fingerprint density at radius 2 is 1.65 bits per heavy atom. The van der Waals surface area contributed by atoms with Crippen LogP contribution in [0.4, 0.5) is 11.4 Å². The number of hydrogen-bond acceptors (Lipinski definition) is 4. The fourth-order valence-electron chi connectivity index (χ4n) is 1.32. The molecule has 1 aromatic rings. The number of nitro benzene ring substituents is 1. The Kier molecular flexibility index (Phi) is 3.03. The molecule has 0 aliphatic carbocycles. The van der Waals surface area contributed by atoms with Crippen LogP contribution in [0.25, 0.3) is 0 Å². The van der Waals surface area contributed by atoms with Gasteiger partial charge in [-0.3, -0.25) is 10.1 Å². The molecule has 1 rings (SSSR count). The van der Waals surface area contributed by atoms with Gasteiger partial charge in [0.25, 0.3) is 10.7 Å². The summed E-state index contributed by atoms with van der Waals surface area (Å²) in [6.07, 6.45) is 0. The Balaban J connectivity index is 3.59. The molecule has 0 aliphatic rings. The lowest BCUT2D eigenvalue weighted by molar-refractivity contribution is -0.730. The number of phenolic OH excluding ortho intramolecular Hbond substituents is 1. The van der Waals surface area contributed by atoms with Crippen molar-refractivity contribution in [1.82, 2.24) is 0 Å². The van der Waals surface area contributed by atoms with E-state index in [9.17, 15) is 20.1 Å². The van der Waals surface area contributed by atoms with E-state index in [0.717, 1.165) is 0 Å². The molecule has 0 radical (unpaired) electrons. The first-order valence-corrected chi connectivity index (χ1v) is 4.82. The molecule has 0 amide bonds. The topological polar surface area (TPSA) is 104 Å². The van der Waals surface area contributed by atoms with Gasteiger partial charge in [0.15, 0.2) is 0 Å². The molecule has 0 aliphatic heterocycles. The minimum atomic E-state index is -0.847. The third-order valence-corrected chi connectivity index (χ3v) is 2.34. The molecule has 1 aromatic carbocycles. The Morgan fingerprint density at radius 3 is 2.00 bits per heavy atom. The predicted molar refractivity (Wildman–Crippen MR) is 58.5 cm³/mol. The minimum Gasteiger partial charge on any atom is -0.497 e. The molecule has 7 nitrogen and oxygen atoms in total. The molecule has 2 N–H and O–H groups in total. The summed E-state index contributed by atoms with van der Waals surface area (Å²) in [6, 6.07) is 2.40. The maximum Gasteiger partial charge on any atom is 0.365 e. The molecular formula is C10H13N2O5+. The monoisotopic (exact) mass is 241 g/mol. The van der Waals surface area contributed by atoms with Gasteiger partial charge in [-0.1, -0.05) is 20.8 Å². The molecule has 92 valence electrons. The van der Waals surface area contributed by atoms with E-state index in [4.69, 9.17) is 5.21 Å². The second kappa shape index (κ2) is 4.00. The highest BCUT2D eigenvalue weighted by Crippen LogP contribution is 2.39. The number of benzene rings is 1. The number of hydrogen-bond donors (Lipinski definition) is 2. The SMILES string of the molecule is CC(C)(C)c1cc([N+](=O)[O-])c(O)c([N+](=O)O)c1. The molecule has 0 aromatic heterocycles. The van der Waals surface area contributed by atoms with E-state index in [1.807, 2.05) is 0 Å². The Hall–Kier alpha value is -2.18. The molecule has 0 bridgehead atoms. The van der Waals surface area contributed by atoms with Crippen molar-refractivity contribution in [3.05, 3.63) is 32.7 Å². The van der Waals surface area contributed by atoms with Crippen molar-refractivity contribution in [2.45, 2.75) is 26.2 Å². The molecule has 7 heteroatoms. The fourth-order valence-corrected chi connectivity index (χ4v) is 1.32. The number of aromatic hydroxyl groups is 1. The van der Waals surface area contributed by atoms with Gasteiger partial charge in [0.05, 0.1) is 9.83 Å². The van der Waals surface area contributed by atoms with Gasteiger partial charge < -0.3 is 5.11 Å². The first-order valence-electron chi connectivity index (χ1n) is 4.82. The summed E-state index contributed by atoms with van der Waals surface area (Å²) >= 11 is 0. The summed E-state index contributed by atoms with van der Waals surface area (Å²) in [7, 11) is 0. The lowest BCUT2D eigenvalue weighted by Gasteiger charge is -2.18. The minimum absolute atomic E-state index is 0.455. The molecule has 0 saturated heterocycles.